The summed E-state index contributed by atoms with van der Waals surface area (Å²) in [5, 5.41) is 10.0. The highest BCUT2D eigenvalue weighted by molar-refractivity contribution is 5.94. The Morgan fingerprint density at radius 2 is 1.72 bits per heavy atom. The largest absolute Gasteiger partial charge is 0.493 e. The van der Waals surface area contributed by atoms with Crippen molar-refractivity contribution in [2.45, 2.75) is 32.3 Å². The van der Waals surface area contributed by atoms with Gasteiger partial charge in [-0.1, -0.05) is 67.9 Å². The topological polar surface area (TPSA) is 113 Å². The number of esters is 1. The molecule has 43 heavy (non-hydrogen) atoms. The van der Waals surface area contributed by atoms with E-state index >= 15 is 0 Å². The molecule has 1 heterocycles. The van der Waals surface area contributed by atoms with E-state index in [1.165, 1.54) is 0 Å². The molecule has 8 nitrogen and oxygen atoms in total. The number of hydrogen-bond donors (Lipinski definition) is 1. The Bertz CT molecular complexity index is 1680. The number of carbonyl (C=O) groups excluding carboxylic acids is 1. The zero-order valence-electron chi connectivity index (χ0n) is 24.0. The second kappa shape index (κ2) is 13.5. The number of ether oxygens (including phenoxy) is 5. The molecule has 1 unspecified atom stereocenters. The fourth-order valence-electron chi connectivity index (χ4n) is 4.81. The zero-order valence-corrected chi connectivity index (χ0v) is 24.0. The monoisotopic (exact) mass is 576 g/mol. The first-order valence-electron chi connectivity index (χ1n) is 14.0. The second-order valence-corrected chi connectivity index (χ2v) is 9.90. The van der Waals surface area contributed by atoms with Crippen LogP contribution < -0.4 is 29.4 Å². The molecule has 2 N–H and O–H groups in total. The molecule has 1 aliphatic rings. The lowest BCUT2D eigenvalue weighted by Crippen LogP contribution is -2.21. The summed E-state index contributed by atoms with van der Waals surface area (Å²) in [6.45, 7) is 2.96. The molecule has 8 heteroatoms. The highest BCUT2D eigenvalue weighted by atomic mass is 16.5. The van der Waals surface area contributed by atoms with Gasteiger partial charge in [0, 0.05) is 11.6 Å². The highest BCUT2D eigenvalue weighted by Gasteiger charge is 2.32. The van der Waals surface area contributed by atoms with Gasteiger partial charge in [0.05, 0.1) is 19.6 Å². The van der Waals surface area contributed by atoms with Gasteiger partial charge in [-0.15, -0.1) is 0 Å². The molecule has 4 aromatic carbocycles. The van der Waals surface area contributed by atoms with Gasteiger partial charge in [-0.05, 0) is 47.9 Å². The number of para-hydroxylation sites is 1. The summed E-state index contributed by atoms with van der Waals surface area (Å²) in [4.78, 5) is 13.1. The maximum atomic E-state index is 13.1. The SMILES string of the molecule is CCCCOc1ccccc1C(=O)Oc1ccc2c(c1)OC(N)=C(C#N)C2c1ccc(OCc2ccccc2)c(OC)c1. The first-order valence-corrected chi connectivity index (χ1v) is 14.0. The number of benzene rings is 4. The number of nitrogens with zero attached hydrogens (tertiary/aromatic N) is 1. The molecular weight excluding hydrogens is 544 g/mol. The molecule has 0 bridgehead atoms. The summed E-state index contributed by atoms with van der Waals surface area (Å²) >= 11 is 0. The molecule has 0 amide bonds. The van der Waals surface area contributed by atoms with Crippen molar-refractivity contribution < 1.29 is 28.5 Å². The number of hydrogen-bond acceptors (Lipinski definition) is 8. The van der Waals surface area contributed by atoms with Crippen LogP contribution in [0, 0.1) is 11.3 Å². The molecule has 0 saturated heterocycles. The maximum absolute atomic E-state index is 13.1. The standard InChI is InChI=1S/C35H32N2O6/c1-3-4-18-40-29-13-9-8-12-27(29)35(38)42-25-15-16-26-31(20-25)43-34(37)28(21-36)33(26)24-14-17-30(32(19-24)39-2)41-22-23-10-6-5-7-11-23/h5-17,19-20,33H,3-4,18,22,37H2,1-2H3. The van der Waals surface area contributed by atoms with Gasteiger partial charge in [0.25, 0.3) is 0 Å². The van der Waals surface area contributed by atoms with E-state index in [1.54, 1.807) is 43.5 Å². The number of nitrogens with two attached hydrogens (primary N) is 1. The summed E-state index contributed by atoms with van der Waals surface area (Å²) in [5.41, 5.74) is 9.28. The van der Waals surface area contributed by atoms with Crippen LogP contribution in [0.3, 0.4) is 0 Å². The van der Waals surface area contributed by atoms with E-state index in [9.17, 15) is 10.1 Å². The molecule has 1 atom stereocenters. The smallest absolute Gasteiger partial charge is 0.347 e. The predicted octanol–water partition coefficient (Wildman–Crippen LogP) is 6.89. The molecule has 0 aliphatic carbocycles. The van der Waals surface area contributed by atoms with Crippen LogP contribution in [0.4, 0.5) is 0 Å². The van der Waals surface area contributed by atoms with Crippen LogP contribution in [-0.4, -0.2) is 19.7 Å². The van der Waals surface area contributed by atoms with Crippen molar-refractivity contribution >= 4 is 5.97 Å². The fraction of sp³-hybridized carbons (Fsp3) is 0.200. The van der Waals surface area contributed by atoms with E-state index in [4.69, 9.17) is 29.4 Å². The summed E-state index contributed by atoms with van der Waals surface area (Å²) < 4.78 is 29.0. The average molecular weight is 577 g/mol. The third kappa shape index (κ3) is 6.57. The maximum Gasteiger partial charge on any atom is 0.347 e. The molecule has 4 aromatic rings. The molecule has 218 valence electrons. The van der Waals surface area contributed by atoms with Crippen LogP contribution in [0.1, 0.15) is 52.7 Å². The third-order valence-corrected chi connectivity index (χ3v) is 7.02. The minimum atomic E-state index is -0.559. The number of unbranched alkanes of at least 4 members (excludes halogenated alkanes) is 1. The van der Waals surface area contributed by atoms with Gasteiger partial charge in [-0.3, -0.25) is 0 Å². The molecular formula is C35H32N2O6. The van der Waals surface area contributed by atoms with E-state index in [-0.39, 0.29) is 17.2 Å². The van der Waals surface area contributed by atoms with Crippen LogP contribution in [0.15, 0.2) is 102 Å². The van der Waals surface area contributed by atoms with Crippen LogP contribution in [0.2, 0.25) is 0 Å². The quantitative estimate of drug-likeness (QED) is 0.117. The second-order valence-electron chi connectivity index (χ2n) is 9.90. The van der Waals surface area contributed by atoms with E-state index in [1.807, 2.05) is 54.6 Å². The van der Waals surface area contributed by atoms with Crippen LogP contribution in [0.25, 0.3) is 0 Å². The lowest BCUT2D eigenvalue weighted by Gasteiger charge is -2.27. The Hall–Kier alpha value is -5.42. The summed E-state index contributed by atoms with van der Waals surface area (Å²) in [6, 6.07) is 29.5. The van der Waals surface area contributed by atoms with E-state index in [2.05, 4.69) is 13.0 Å². The first-order chi connectivity index (χ1) is 21.0. The van der Waals surface area contributed by atoms with Gasteiger partial charge in [0.2, 0.25) is 5.88 Å². The van der Waals surface area contributed by atoms with Gasteiger partial charge < -0.3 is 29.4 Å². The van der Waals surface area contributed by atoms with Crippen LogP contribution in [0.5, 0.6) is 28.7 Å². The number of carbonyl (C=O) groups is 1. The van der Waals surface area contributed by atoms with Gasteiger partial charge in [-0.25, -0.2) is 4.79 Å². The molecule has 0 fully saturated rings. The molecule has 1 aliphatic heterocycles. The molecule has 0 radical (unpaired) electrons. The summed E-state index contributed by atoms with van der Waals surface area (Å²) in [7, 11) is 1.56. The van der Waals surface area contributed by atoms with Crippen molar-refractivity contribution in [2.75, 3.05) is 13.7 Å². The van der Waals surface area contributed by atoms with E-state index < -0.39 is 11.9 Å². The Morgan fingerprint density at radius 1 is 0.930 bits per heavy atom. The number of nitriles is 1. The number of fused-ring (bicyclic) bond motifs is 1. The fourth-order valence-corrected chi connectivity index (χ4v) is 4.81. The lowest BCUT2D eigenvalue weighted by atomic mass is 9.83. The molecule has 0 aromatic heterocycles. The zero-order chi connectivity index (χ0) is 30.2. The predicted molar refractivity (Wildman–Crippen MR) is 161 cm³/mol. The normalized spacial score (nSPS) is 13.7. The molecule has 0 saturated carbocycles. The van der Waals surface area contributed by atoms with E-state index in [0.29, 0.717) is 47.3 Å². The minimum absolute atomic E-state index is 0.0264. The lowest BCUT2D eigenvalue weighted by molar-refractivity contribution is 0.0730. The van der Waals surface area contributed by atoms with Gasteiger partial charge in [-0.2, -0.15) is 5.26 Å². The van der Waals surface area contributed by atoms with Crippen molar-refractivity contribution in [1.29, 1.82) is 5.26 Å². The van der Waals surface area contributed by atoms with Gasteiger partial charge in [0.1, 0.15) is 41.1 Å². The van der Waals surface area contributed by atoms with Gasteiger partial charge >= 0.3 is 5.97 Å². The van der Waals surface area contributed by atoms with Gasteiger partial charge in [0.15, 0.2) is 11.5 Å². The van der Waals surface area contributed by atoms with Crippen molar-refractivity contribution in [1.82, 2.24) is 0 Å². The van der Waals surface area contributed by atoms with Crippen molar-refractivity contribution in [3.05, 3.63) is 125 Å². The Kier molecular flexibility index (Phi) is 9.13. The third-order valence-electron chi connectivity index (χ3n) is 7.02. The molecule has 0 spiro atoms. The summed E-state index contributed by atoms with van der Waals surface area (Å²) in [6.07, 6.45) is 1.86. The summed E-state index contributed by atoms with van der Waals surface area (Å²) in [5.74, 6) is 1.07. The van der Waals surface area contributed by atoms with Crippen molar-refractivity contribution in [2.24, 2.45) is 5.73 Å². The Labute approximate surface area is 250 Å². The number of methoxy groups -OCH3 is 1. The minimum Gasteiger partial charge on any atom is -0.493 e. The number of allylic oxidation sites excluding steroid dienone is 1. The molecule has 5 rings (SSSR count). The average Bonchev–Trinajstić information content (AvgIpc) is 3.03. The Balaban J connectivity index is 1.40. The highest BCUT2D eigenvalue weighted by Crippen LogP contribution is 2.45. The first kappa shape index (κ1) is 29.1. The Morgan fingerprint density at radius 3 is 2.49 bits per heavy atom. The number of rotatable bonds is 11. The van der Waals surface area contributed by atoms with Crippen molar-refractivity contribution in [3.8, 4) is 34.8 Å². The van der Waals surface area contributed by atoms with Crippen LogP contribution in [-0.2, 0) is 6.61 Å². The van der Waals surface area contributed by atoms with Crippen LogP contribution >= 0.6 is 0 Å². The van der Waals surface area contributed by atoms with E-state index in [0.717, 1.165) is 24.0 Å². The van der Waals surface area contributed by atoms with Crippen molar-refractivity contribution in [3.63, 3.8) is 0 Å².